The summed E-state index contributed by atoms with van der Waals surface area (Å²) in [6.07, 6.45) is -3.44. The molecular weight excluding hydrogens is 396 g/mol. The summed E-state index contributed by atoms with van der Waals surface area (Å²) in [6.45, 7) is 1.44. The van der Waals surface area contributed by atoms with Gasteiger partial charge in [0.25, 0.3) is 0 Å². The van der Waals surface area contributed by atoms with Crippen LogP contribution in [-0.2, 0) is 11.3 Å². The minimum Gasteiger partial charge on any atom is -0.352 e. The van der Waals surface area contributed by atoms with Gasteiger partial charge in [0.1, 0.15) is 12.4 Å². The van der Waals surface area contributed by atoms with Crippen LogP contribution in [0.4, 0.5) is 17.6 Å². The molecule has 0 saturated heterocycles. The highest BCUT2D eigenvalue weighted by molar-refractivity contribution is 7.09. The molecule has 1 heterocycles. The zero-order valence-corrected chi connectivity index (χ0v) is 16.0. The van der Waals surface area contributed by atoms with Gasteiger partial charge < -0.3 is 5.32 Å². The van der Waals surface area contributed by atoms with Gasteiger partial charge in [-0.3, -0.25) is 14.2 Å². The Balaban J connectivity index is 1.74. The average molecular weight is 416 g/mol. The molecule has 1 aromatic carbocycles. The summed E-state index contributed by atoms with van der Waals surface area (Å²) in [5, 5.41) is 2.64. The first-order valence-corrected chi connectivity index (χ1v) is 9.79. The molecule has 2 aromatic rings. The molecule has 0 radical (unpaired) electrons. The normalized spacial score (nSPS) is 20.2. The Morgan fingerprint density at radius 2 is 1.93 bits per heavy atom. The third kappa shape index (κ3) is 4.63. The molecule has 152 valence electrons. The second-order valence-corrected chi connectivity index (χ2v) is 8.20. The molecule has 28 heavy (non-hydrogen) atoms. The van der Waals surface area contributed by atoms with Gasteiger partial charge in [-0.2, -0.15) is 13.2 Å². The fraction of sp³-hybridized carbons (Fsp3) is 0.474. The number of hydrogen-bond donors (Lipinski definition) is 1. The second-order valence-electron chi connectivity index (χ2n) is 7.04. The molecule has 0 spiro atoms. The molecule has 1 fully saturated rings. The van der Waals surface area contributed by atoms with Crippen LogP contribution in [0.15, 0.2) is 29.1 Å². The van der Waals surface area contributed by atoms with Crippen molar-refractivity contribution >= 4 is 17.2 Å². The van der Waals surface area contributed by atoms with E-state index < -0.39 is 29.9 Å². The molecule has 1 saturated carbocycles. The Morgan fingerprint density at radius 3 is 2.57 bits per heavy atom. The first-order valence-electron chi connectivity index (χ1n) is 8.97. The monoisotopic (exact) mass is 416 g/mol. The van der Waals surface area contributed by atoms with Crippen molar-refractivity contribution in [3.63, 3.8) is 0 Å². The summed E-state index contributed by atoms with van der Waals surface area (Å²) < 4.78 is 53.3. The van der Waals surface area contributed by atoms with Gasteiger partial charge in [0, 0.05) is 10.9 Å². The van der Waals surface area contributed by atoms with E-state index in [-0.39, 0.29) is 24.3 Å². The van der Waals surface area contributed by atoms with Crippen LogP contribution in [-0.4, -0.2) is 22.7 Å². The zero-order chi connectivity index (χ0) is 20.5. The number of thiazole rings is 1. The van der Waals surface area contributed by atoms with Crippen molar-refractivity contribution in [3.8, 4) is 11.3 Å². The molecule has 1 aliphatic carbocycles. The molecule has 2 unspecified atom stereocenters. The van der Waals surface area contributed by atoms with Crippen LogP contribution < -0.4 is 10.2 Å². The van der Waals surface area contributed by atoms with Crippen LogP contribution in [0.1, 0.15) is 30.6 Å². The maximum Gasteiger partial charge on any atom is 0.391 e. The van der Waals surface area contributed by atoms with Crippen LogP contribution in [0.5, 0.6) is 0 Å². The van der Waals surface area contributed by atoms with E-state index >= 15 is 0 Å². The number of carbonyl (C=O) groups excluding carboxylic acids is 1. The highest BCUT2D eigenvalue weighted by atomic mass is 32.1. The highest BCUT2D eigenvalue weighted by Gasteiger charge is 2.42. The molecular formula is C19H20F4N2O2S. The number of nitrogens with zero attached hydrogens (tertiary/aromatic N) is 1. The topological polar surface area (TPSA) is 51.1 Å². The summed E-state index contributed by atoms with van der Waals surface area (Å²) in [4.78, 5) is 25.1. The first-order chi connectivity index (χ1) is 13.1. The zero-order valence-electron chi connectivity index (χ0n) is 15.2. The lowest BCUT2D eigenvalue weighted by Crippen LogP contribution is -2.43. The Bertz CT molecular complexity index is 902. The van der Waals surface area contributed by atoms with Crippen LogP contribution in [0.2, 0.25) is 0 Å². The van der Waals surface area contributed by atoms with Crippen molar-refractivity contribution in [2.45, 2.75) is 51.4 Å². The van der Waals surface area contributed by atoms with Gasteiger partial charge in [-0.1, -0.05) is 17.8 Å². The molecule has 1 aliphatic rings. The third-order valence-electron chi connectivity index (χ3n) is 4.99. The Labute approximate surface area is 163 Å². The van der Waals surface area contributed by atoms with Crippen LogP contribution >= 0.6 is 11.3 Å². The van der Waals surface area contributed by atoms with Crippen molar-refractivity contribution in [1.29, 1.82) is 0 Å². The lowest BCUT2D eigenvalue weighted by atomic mass is 9.85. The summed E-state index contributed by atoms with van der Waals surface area (Å²) >= 11 is 0.972. The molecule has 1 amide bonds. The number of aromatic nitrogens is 1. The van der Waals surface area contributed by atoms with Crippen molar-refractivity contribution in [2.24, 2.45) is 5.92 Å². The summed E-state index contributed by atoms with van der Waals surface area (Å²) in [5.74, 6) is -2.33. The summed E-state index contributed by atoms with van der Waals surface area (Å²) in [6, 6.07) is 5.01. The smallest absolute Gasteiger partial charge is 0.352 e. The van der Waals surface area contributed by atoms with E-state index in [1.165, 1.54) is 28.8 Å². The van der Waals surface area contributed by atoms with Crippen molar-refractivity contribution in [2.75, 3.05) is 0 Å². The van der Waals surface area contributed by atoms with Crippen molar-refractivity contribution in [3.05, 3.63) is 44.6 Å². The lowest BCUT2D eigenvalue weighted by Gasteiger charge is -2.31. The molecule has 4 nitrogen and oxygen atoms in total. The van der Waals surface area contributed by atoms with E-state index in [1.54, 1.807) is 6.92 Å². The van der Waals surface area contributed by atoms with Crippen LogP contribution in [0.3, 0.4) is 0 Å². The number of alkyl halides is 3. The summed E-state index contributed by atoms with van der Waals surface area (Å²) in [7, 11) is 0. The lowest BCUT2D eigenvalue weighted by molar-refractivity contribution is -0.184. The van der Waals surface area contributed by atoms with E-state index in [1.807, 2.05) is 0 Å². The van der Waals surface area contributed by atoms with E-state index in [2.05, 4.69) is 5.32 Å². The Kier molecular flexibility index (Phi) is 5.92. The number of benzene rings is 1. The van der Waals surface area contributed by atoms with Gasteiger partial charge >= 0.3 is 11.0 Å². The van der Waals surface area contributed by atoms with Gasteiger partial charge in [0.2, 0.25) is 5.91 Å². The average Bonchev–Trinajstić information content (AvgIpc) is 2.88. The fourth-order valence-corrected chi connectivity index (χ4v) is 4.51. The number of aryl methyl sites for hydroxylation is 1. The predicted octanol–water partition coefficient (Wildman–Crippen LogP) is 4.26. The minimum atomic E-state index is -4.26. The number of halogens is 4. The largest absolute Gasteiger partial charge is 0.391 e. The number of rotatable bonds is 4. The Hall–Kier alpha value is -2.16. The van der Waals surface area contributed by atoms with E-state index in [0.29, 0.717) is 29.0 Å². The van der Waals surface area contributed by atoms with E-state index in [4.69, 9.17) is 0 Å². The maximum absolute atomic E-state index is 13.2. The molecule has 1 aromatic heterocycles. The molecule has 0 bridgehead atoms. The first kappa shape index (κ1) is 20.6. The van der Waals surface area contributed by atoms with E-state index in [0.717, 1.165) is 11.3 Å². The number of nitrogens with one attached hydrogen (secondary N) is 1. The quantitative estimate of drug-likeness (QED) is 0.758. The number of carbonyl (C=O) groups is 1. The van der Waals surface area contributed by atoms with E-state index in [9.17, 15) is 27.2 Å². The highest BCUT2D eigenvalue weighted by Crippen LogP contribution is 2.37. The maximum atomic E-state index is 13.2. The summed E-state index contributed by atoms with van der Waals surface area (Å²) in [5.41, 5.74) is 1.11. The molecule has 3 rings (SSSR count). The molecule has 0 aliphatic heterocycles. The van der Waals surface area contributed by atoms with Gasteiger partial charge in [-0.15, -0.1) is 0 Å². The van der Waals surface area contributed by atoms with Gasteiger partial charge in [0.15, 0.2) is 0 Å². The standard InChI is InChI=1S/C19H20F4N2O2S/c1-11-17(12-5-7-14(20)8-6-12)25(18(27)28-11)10-16(26)24-15-4-2-3-13(9-15)19(21,22)23/h5-8,13,15H,2-4,9-10H2,1H3,(H,24,26). The number of amides is 1. The SMILES string of the molecule is Cc1sc(=O)n(CC(=O)NC2CCCC(C(F)(F)F)C2)c1-c1ccc(F)cc1. The molecule has 9 heteroatoms. The predicted molar refractivity (Wildman–Crippen MR) is 98.7 cm³/mol. The van der Waals surface area contributed by atoms with Crippen LogP contribution in [0.25, 0.3) is 11.3 Å². The van der Waals surface area contributed by atoms with Crippen molar-refractivity contribution in [1.82, 2.24) is 9.88 Å². The molecule has 1 N–H and O–H groups in total. The van der Waals surface area contributed by atoms with Gasteiger partial charge in [-0.25, -0.2) is 4.39 Å². The van der Waals surface area contributed by atoms with Crippen LogP contribution in [0, 0.1) is 18.7 Å². The number of hydrogen-bond acceptors (Lipinski definition) is 3. The van der Waals surface area contributed by atoms with Gasteiger partial charge in [-0.05, 0) is 56.0 Å². The molecule has 2 atom stereocenters. The second kappa shape index (κ2) is 8.06. The van der Waals surface area contributed by atoms with Gasteiger partial charge in [0.05, 0.1) is 11.6 Å². The van der Waals surface area contributed by atoms with Crippen molar-refractivity contribution < 1.29 is 22.4 Å². The minimum absolute atomic E-state index is 0.0772. The fourth-order valence-electron chi connectivity index (χ4n) is 3.66. The third-order valence-corrected chi connectivity index (χ3v) is 5.88. The Morgan fingerprint density at radius 1 is 1.25 bits per heavy atom.